The van der Waals surface area contributed by atoms with Crippen molar-refractivity contribution in [1.29, 1.82) is 0 Å². The predicted molar refractivity (Wildman–Crippen MR) is 54.0 cm³/mol. The Morgan fingerprint density at radius 1 is 1.79 bits per heavy atom. The molecule has 4 nitrogen and oxygen atoms in total. The van der Waals surface area contributed by atoms with Crippen molar-refractivity contribution < 1.29 is 9.90 Å². The molecule has 0 aromatic heterocycles. The van der Waals surface area contributed by atoms with Gasteiger partial charge in [0.05, 0.1) is 5.92 Å². The largest absolute Gasteiger partial charge is 0.374 e. The van der Waals surface area contributed by atoms with Crippen molar-refractivity contribution in [3.63, 3.8) is 0 Å². The second-order valence-corrected chi connectivity index (χ2v) is 3.48. The fourth-order valence-corrected chi connectivity index (χ4v) is 1.30. The standard InChI is InChI=1S/C10H16N2O2/c1-7(13)12(2)9-5-3-8(4-6-9)10(11)14/h3,5-8,13H,4H2,1-2H3,(H2,11,14). The Hall–Kier alpha value is -1.29. The van der Waals surface area contributed by atoms with E-state index in [1.165, 1.54) is 0 Å². The molecular weight excluding hydrogens is 180 g/mol. The molecule has 0 radical (unpaired) electrons. The van der Waals surface area contributed by atoms with Crippen molar-refractivity contribution >= 4 is 5.91 Å². The monoisotopic (exact) mass is 196 g/mol. The van der Waals surface area contributed by atoms with E-state index in [0.717, 1.165) is 5.70 Å². The summed E-state index contributed by atoms with van der Waals surface area (Å²) < 4.78 is 0. The first-order valence-electron chi connectivity index (χ1n) is 4.61. The first-order valence-corrected chi connectivity index (χ1v) is 4.61. The van der Waals surface area contributed by atoms with E-state index in [0.29, 0.717) is 6.42 Å². The smallest absolute Gasteiger partial charge is 0.224 e. The fourth-order valence-electron chi connectivity index (χ4n) is 1.30. The zero-order valence-corrected chi connectivity index (χ0v) is 8.47. The van der Waals surface area contributed by atoms with E-state index in [9.17, 15) is 9.90 Å². The fraction of sp³-hybridized carbons (Fsp3) is 0.500. The van der Waals surface area contributed by atoms with E-state index in [4.69, 9.17) is 5.73 Å². The summed E-state index contributed by atoms with van der Waals surface area (Å²) >= 11 is 0. The lowest BCUT2D eigenvalue weighted by Crippen LogP contribution is -2.29. The summed E-state index contributed by atoms with van der Waals surface area (Å²) in [6, 6.07) is 0. The van der Waals surface area contributed by atoms with Crippen LogP contribution in [0, 0.1) is 5.92 Å². The van der Waals surface area contributed by atoms with Gasteiger partial charge in [0.15, 0.2) is 0 Å². The van der Waals surface area contributed by atoms with Crippen molar-refractivity contribution in [2.24, 2.45) is 11.7 Å². The molecule has 0 aromatic carbocycles. The maximum atomic E-state index is 10.8. The summed E-state index contributed by atoms with van der Waals surface area (Å²) in [4.78, 5) is 12.6. The van der Waals surface area contributed by atoms with Crippen LogP contribution in [0.5, 0.6) is 0 Å². The zero-order valence-electron chi connectivity index (χ0n) is 8.47. The van der Waals surface area contributed by atoms with E-state index in [1.54, 1.807) is 24.9 Å². The van der Waals surface area contributed by atoms with Crippen LogP contribution in [0.3, 0.4) is 0 Å². The second-order valence-electron chi connectivity index (χ2n) is 3.48. The molecule has 78 valence electrons. The number of aliphatic hydroxyl groups is 1. The van der Waals surface area contributed by atoms with Crippen LogP contribution in [-0.2, 0) is 4.79 Å². The van der Waals surface area contributed by atoms with Crippen LogP contribution < -0.4 is 5.73 Å². The Morgan fingerprint density at radius 3 is 2.79 bits per heavy atom. The highest BCUT2D eigenvalue weighted by Crippen LogP contribution is 2.18. The van der Waals surface area contributed by atoms with Crippen molar-refractivity contribution in [2.75, 3.05) is 7.05 Å². The molecule has 14 heavy (non-hydrogen) atoms. The quantitative estimate of drug-likeness (QED) is 0.634. The number of aliphatic hydroxyl groups excluding tert-OH is 1. The van der Waals surface area contributed by atoms with Gasteiger partial charge < -0.3 is 15.7 Å². The summed E-state index contributed by atoms with van der Waals surface area (Å²) in [6.45, 7) is 1.69. The van der Waals surface area contributed by atoms with E-state index in [-0.39, 0.29) is 11.8 Å². The first-order chi connectivity index (χ1) is 6.52. The number of nitrogens with zero attached hydrogens (tertiary/aromatic N) is 1. The van der Waals surface area contributed by atoms with Gasteiger partial charge in [0, 0.05) is 12.7 Å². The highest BCUT2D eigenvalue weighted by atomic mass is 16.3. The highest BCUT2D eigenvalue weighted by molar-refractivity contribution is 5.79. The lowest BCUT2D eigenvalue weighted by atomic mass is 9.98. The van der Waals surface area contributed by atoms with Crippen molar-refractivity contribution in [1.82, 2.24) is 4.90 Å². The molecular formula is C10H16N2O2. The summed E-state index contributed by atoms with van der Waals surface area (Å²) in [6.07, 6.45) is 5.57. The molecule has 1 rings (SSSR count). The van der Waals surface area contributed by atoms with Crippen LogP contribution in [0.25, 0.3) is 0 Å². The number of hydrogen-bond acceptors (Lipinski definition) is 3. The van der Waals surface area contributed by atoms with Gasteiger partial charge in [-0.15, -0.1) is 0 Å². The first kappa shape index (κ1) is 10.8. The van der Waals surface area contributed by atoms with Crippen LogP contribution in [0.15, 0.2) is 23.9 Å². The third-order valence-corrected chi connectivity index (χ3v) is 2.41. The summed E-state index contributed by atoms with van der Waals surface area (Å²) in [5.41, 5.74) is 6.08. The number of primary amides is 1. The molecule has 1 aliphatic carbocycles. The molecule has 0 fully saturated rings. The molecule has 2 atom stereocenters. The van der Waals surface area contributed by atoms with Gasteiger partial charge in [-0.2, -0.15) is 0 Å². The highest BCUT2D eigenvalue weighted by Gasteiger charge is 2.16. The average Bonchev–Trinajstić information content (AvgIpc) is 2.16. The molecule has 0 heterocycles. The number of carbonyl (C=O) groups excluding carboxylic acids is 1. The van der Waals surface area contributed by atoms with Gasteiger partial charge in [0.25, 0.3) is 0 Å². The maximum Gasteiger partial charge on any atom is 0.224 e. The minimum atomic E-state index is -0.531. The molecule has 1 aliphatic rings. The van der Waals surface area contributed by atoms with Gasteiger partial charge in [-0.1, -0.05) is 12.2 Å². The molecule has 1 amide bonds. The van der Waals surface area contributed by atoms with Gasteiger partial charge in [-0.25, -0.2) is 0 Å². The SMILES string of the molecule is CC(O)N(C)C1=CCC(C(N)=O)C=C1. The Kier molecular flexibility index (Phi) is 3.30. The molecule has 0 bridgehead atoms. The molecule has 0 saturated heterocycles. The number of hydrogen-bond donors (Lipinski definition) is 2. The van der Waals surface area contributed by atoms with Crippen LogP contribution in [0.2, 0.25) is 0 Å². The molecule has 0 saturated carbocycles. The number of rotatable bonds is 3. The van der Waals surface area contributed by atoms with Crippen LogP contribution in [0.4, 0.5) is 0 Å². The Labute approximate surface area is 83.7 Å². The second kappa shape index (κ2) is 4.28. The number of nitrogens with two attached hydrogens (primary N) is 1. The maximum absolute atomic E-state index is 10.8. The summed E-state index contributed by atoms with van der Waals surface area (Å²) in [5.74, 6) is -0.516. The third kappa shape index (κ3) is 2.35. The number of likely N-dealkylation sites (N-methyl/N-ethyl adjacent to an activating group) is 1. The van der Waals surface area contributed by atoms with Gasteiger partial charge in [-0.05, 0) is 19.4 Å². The molecule has 0 spiro atoms. The Bertz CT molecular complexity index is 282. The lowest BCUT2D eigenvalue weighted by Gasteiger charge is -2.26. The topological polar surface area (TPSA) is 66.6 Å². The minimum Gasteiger partial charge on any atom is -0.374 e. The Morgan fingerprint density at radius 2 is 2.43 bits per heavy atom. The molecule has 0 aromatic rings. The minimum absolute atomic E-state index is 0.207. The van der Waals surface area contributed by atoms with Crippen molar-refractivity contribution in [3.8, 4) is 0 Å². The number of allylic oxidation sites excluding steroid dienone is 2. The van der Waals surface area contributed by atoms with Crippen molar-refractivity contribution in [2.45, 2.75) is 19.6 Å². The summed E-state index contributed by atoms with van der Waals surface area (Å²) in [5, 5.41) is 9.31. The van der Waals surface area contributed by atoms with Gasteiger partial charge in [0.2, 0.25) is 5.91 Å². The predicted octanol–water partition coefficient (Wildman–Crippen LogP) is 0.202. The molecule has 0 aliphatic heterocycles. The number of carbonyl (C=O) groups is 1. The van der Waals surface area contributed by atoms with Gasteiger partial charge in [-0.3, -0.25) is 4.79 Å². The molecule has 3 N–H and O–H groups in total. The van der Waals surface area contributed by atoms with E-state index in [2.05, 4.69) is 0 Å². The van der Waals surface area contributed by atoms with E-state index in [1.807, 2.05) is 12.2 Å². The van der Waals surface area contributed by atoms with Crippen LogP contribution in [-0.4, -0.2) is 29.2 Å². The summed E-state index contributed by atoms with van der Waals surface area (Å²) in [7, 11) is 1.80. The van der Waals surface area contributed by atoms with E-state index < -0.39 is 6.23 Å². The van der Waals surface area contributed by atoms with Crippen LogP contribution in [0.1, 0.15) is 13.3 Å². The lowest BCUT2D eigenvalue weighted by molar-refractivity contribution is -0.120. The third-order valence-electron chi connectivity index (χ3n) is 2.41. The van der Waals surface area contributed by atoms with Crippen LogP contribution >= 0.6 is 0 Å². The Balaban J connectivity index is 2.63. The number of amides is 1. The average molecular weight is 196 g/mol. The molecule has 2 unspecified atom stereocenters. The van der Waals surface area contributed by atoms with Crippen molar-refractivity contribution in [3.05, 3.63) is 23.9 Å². The normalized spacial score (nSPS) is 22.8. The molecule has 4 heteroatoms. The van der Waals surface area contributed by atoms with Gasteiger partial charge >= 0.3 is 0 Å². The van der Waals surface area contributed by atoms with Gasteiger partial charge in [0.1, 0.15) is 6.23 Å². The van der Waals surface area contributed by atoms with E-state index >= 15 is 0 Å². The zero-order chi connectivity index (χ0) is 10.7.